The molecule has 0 bridgehead atoms. The van der Waals surface area contributed by atoms with Gasteiger partial charge in [0.05, 0.1) is 19.8 Å². The molecule has 9 nitrogen and oxygen atoms in total. The van der Waals surface area contributed by atoms with Gasteiger partial charge in [-0.25, -0.2) is 9.78 Å². The third kappa shape index (κ3) is 5.30. The highest BCUT2D eigenvalue weighted by Crippen LogP contribution is 2.12. The maximum Gasteiger partial charge on any atom is 0.331 e. The summed E-state index contributed by atoms with van der Waals surface area (Å²) < 4.78 is 7.71. The Balaban J connectivity index is 1.37. The van der Waals surface area contributed by atoms with Crippen molar-refractivity contribution in [3.05, 3.63) is 92.9 Å². The Hall–Kier alpha value is -3.72. The number of amides is 1. The number of nitrogens with one attached hydrogen (secondary N) is 1. The van der Waals surface area contributed by atoms with Crippen LogP contribution in [0, 0.1) is 0 Å². The van der Waals surface area contributed by atoms with Gasteiger partial charge in [-0.05, 0) is 17.2 Å². The van der Waals surface area contributed by atoms with Crippen molar-refractivity contribution >= 4 is 11.7 Å². The number of ether oxygens (including phenoxy) is 1. The molecule has 3 heterocycles. The van der Waals surface area contributed by atoms with E-state index in [0.717, 1.165) is 34.6 Å². The lowest BCUT2D eigenvalue weighted by molar-refractivity contribution is -0.121. The number of hydrogen-bond donors (Lipinski definition) is 1. The van der Waals surface area contributed by atoms with E-state index in [1.165, 1.54) is 16.8 Å². The average Bonchev–Trinajstić information content (AvgIpc) is 2.84. The summed E-state index contributed by atoms with van der Waals surface area (Å²) in [5.74, 6) is 0.456. The largest absolute Gasteiger partial charge is 0.378 e. The minimum absolute atomic E-state index is 0.259. The SMILES string of the molecule is O=C(Cn1c(=O)ccn(Cc2ccccc2)c1=O)NCc1ccc(N2CCOCC2)nc1. The van der Waals surface area contributed by atoms with E-state index >= 15 is 0 Å². The molecule has 0 spiro atoms. The molecule has 1 aromatic carbocycles. The molecule has 4 rings (SSSR count). The fourth-order valence-corrected chi connectivity index (χ4v) is 3.50. The van der Waals surface area contributed by atoms with Gasteiger partial charge in [0.2, 0.25) is 5.91 Å². The first-order chi connectivity index (χ1) is 15.6. The van der Waals surface area contributed by atoms with Crippen LogP contribution in [0.15, 0.2) is 70.5 Å². The molecule has 0 saturated carbocycles. The molecule has 32 heavy (non-hydrogen) atoms. The summed E-state index contributed by atoms with van der Waals surface area (Å²) in [5, 5.41) is 2.75. The second kappa shape index (κ2) is 10.1. The van der Waals surface area contributed by atoms with E-state index in [2.05, 4.69) is 15.2 Å². The lowest BCUT2D eigenvalue weighted by Gasteiger charge is -2.27. The molecular formula is C23H25N5O4. The molecule has 3 aromatic rings. The van der Waals surface area contributed by atoms with Crippen molar-refractivity contribution < 1.29 is 9.53 Å². The lowest BCUT2D eigenvalue weighted by Crippen LogP contribution is -2.43. The fraction of sp³-hybridized carbons (Fsp3) is 0.304. The van der Waals surface area contributed by atoms with Crippen molar-refractivity contribution in [2.75, 3.05) is 31.2 Å². The molecule has 1 N–H and O–H groups in total. The first kappa shape index (κ1) is 21.5. The van der Waals surface area contributed by atoms with Gasteiger partial charge in [0, 0.05) is 38.1 Å². The fourth-order valence-electron chi connectivity index (χ4n) is 3.50. The molecule has 0 radical (unpaired) electrons. The van der Waals surface area contributed by atoms with Crippen LogP contribution >= 0.6 is 0 Å². The van der Waals surface area contributed by atoms with E-state index in [4.69, 9.17) is 4.74 Å². The van der Waals surface area contributed by atoms with Crippen LogP contribution in [0.2, 0.25) is 0 Å². The lowest BCUT2D eigenvalue weighted by atomic mass is 10.2. The molecule has 1 aliphatic heterocycles. The summed E-state index contributed by atoms with van der Waals surface area (Å²) in [4.78, 5) is 43.9. The average molecular weight is 435 g/mol. The minimum atomic E-state index is -0.520. The molecule has 1 aliphatic rings. The Morgan fingerprint density at radius 2 is 1.78 bits per heavy atom. The molecule has 0 aliphatic carbocycles. The van der Waals surface area contributed by atoms with Gasteiger partial charge in [0.1, 0.15) is 12.4 Å². The van der Waals surface area contributed by atoms with Crippen LogP contribution in [0.5, 0.6) is 0 Å². The maximum absolute atomic E-state index is 12.7. The molecule has 1 fully saturated rings. The van der Waals surface area contributed by atoms with Crippen LogP contribution in [0.1, 0.15) is 11.1 Å². The zero-order valence-corrected chi connectivity index (χ0v) is 17.6. The molecule has 1 saturated heterocycles. The molecule has 0 unspecified atom stereocenters. The van der Waals surface area contributed by atoms with Crippen LogP contribution in [-0.2, 0) is 29.2 Å². The van der Waals surface area contributed by atoms with Crippen LogP contribution in [0.4, 0.5) is 5.82 Å². The Morgan fingerprint density at radius 1 is 1.00 bits per heavy atom. The summed E-state index contributed by atoms with van der Waals surface area (Å²) in [5.41, 5.74) is 0.730. The van der Waals surface area contributed by atoms with Crippen molar-refractivity contribution in [2.45, 2.75) is 19.6 Å². The van der Waals surface area contributed by atoms with Crippen LogP contribution in [0.3, 0.4) is 0 Å². The first-order valence-corrected chi connectivity index (χ1v) is 10.5. The van der Waals surface area contributed by atoms with Crippen molar-refractivity contribution in [3.63, 3.8) is 0 Å². The monoisotopic (exact) mass is 435 g/mol. The highest BCUT2D eigenvalue weighted by molar-refractivity contribution is 5.75. The standard InChI is InChI=1S/C23H25N5O4/c29-21(25-15-19-6-7-20(24-14-19)26-10-12-32-13-11-26)17-28-22(30)8-9-27(23(28)31)16-18-4-2-1-3-5-18/h1-9,14H,10-13,15-17H2,(H,25,29). The van der Waals surface area contributed by atoms with Gasteiger partial charge < -0.3 is 15.0 Å². The van der Waals surface area contributed by atoms with Crippen molar-refractivity contribution in [2.24, 2.45) is 0 Å². The Morgan fingerprint density at radius 3 is 2.50 bits per heavy atom. The highest BCUT2D eigenvalue weighted by atomic mass is 16.5. The van der Waals surface area contributed by atoms with Gasteiger partial charge in [-0.3, -0.25) is 18.7 Å². The van der Waals surface area contributed by atoms with Gasteiger partial charge in [-0.1, -0.05) is 36.4 Å². The number of carbonyl (C=O) groups is 1. The van der Waals surface area contributed by atoms with Crippen LogP contribution < -0.4 is 21.5 Å². The number of benzene rings is 1. The molecule has 0 atom stereocenters. The second-order valence-electron chi connectivity index (χ2n) is 7.54. The molecule has 166 valence electrons. The predicted molar refractivity (Wildman–Crippen MR) is 120 cm³/mol. The zero-order chi connectivity index (χ0) is 22.3. The van der Waals surface area contributed by atoms with Crippen molar-refractivity contribution in [3.8, 4) is 0 Å². The summed E-state index contributed by atoms with van der Waals surface area (Å²) in [7, 11) is 0. The number of carbonyl (C=O) groups excluding carboxylic acids is 1. The van der Waals surface area contributed by atoms with Gasteiger partial charge in [0.15, 0.2) is 0 Å². The predicted octanol–water partition coefficient (Wildman–Crippen LogP) is 0.606. The molecule has 9 heteroatoms. The normalized spacial score (nSPS) is 13.7. The van der Waals surface area contributed by atoms with Crippen LogP contribution in [-0.4, -0.2) is 46.3 Å². The summed E-state index contributed by atoms with van der Waals surface area (Å²) >= 11 is 0. The van der Waals surface area contributed by atoms with Gasteiger partial charge in [-0.15, -0.1) is 0 Å². The number of anilines is 1. The number of hydrogen-bond acceptors (Lipinski definition) is 6. The third-order valence-corrected chi connectivity index (χ3v) is 5.27. The van der Waals surface area contributed by atoms with E-state index in [1.54, 1.807) is 6.20 Å². The van der Waals surface area contributed by atoms with Gasteiger partial charge in [0.25, 0.3) is 5.56 Å². The zero-order valence-electron chi connectivity index (χ0n) is 17.6. The van der Waals surface area contributed by atoms with E-state index in [1.807, 2.05) is 42.5 Å². The van der Waals surface area contributed by atoms with Gasteiger partial charge in [-0.2, -0.15) is 0 Å². The van der Waals surface area contributed by atoms with Crippen molar-refractivity contribution in [1.82, 2.24) is 19.4 Å². The third-order valence-electron chi connectivity index (χ3n) is 5.27. The number of aromatic nitrogens is 3. The number of rotatable bonds is 7. The summed E-state index contributed by atoms with van der Waals surface area (Å²) in [6.45, 7) is 3.22. The summed E-state index contributed by atoms with van der Waals surface area (Å²) in [6.07, 6.45) is 3.17. The molecule has 1 amide bonds. The quantitative estimate of drug-likeness (QED) is 0.584. The number of morpholine rings is 1. The van der Waals surface area contributed by atoms with Crippen LogP contribution in [0.25, 0.3) is 0 Å². The second-order valence-corrected chi connectivity index (χ2v) is 7.54. The molecule has 2 aromatic heterocycles. The Kier molecular flexibility index (Phi) is 6.76. The number of nitrogens with zero attached hydrogens (tertiary/aromatic N) is 4. The summed E-state index contributed by atoms with van der Waals surface area (Å²) in [6, 6.07) is 14.6. The Bertz CT molecular complexity index is 1170. The minimum Gasteiger partial charge on any atom is -0.378 e. The Labute approximate surface area is 184 Å². The van der Waals surface area contributed by atoms with E-state index < -0.39 is 17.2 Å². The van der Waals surface area contributed by atoms with Gasteiger partial charge >= 0.3 is 5.69 Å². The highest BCUT2D eigenvalue weighted by Gasteiger charge is 2.13. The van der Waals surface area contributed by atoms with Crippen molar-refractivity contribution in [1.29, 1.82) is 0 Å². The smallest absolute Gasteiger partial charge is 0.331 e. The molecular weight excluding hydrogens is 410 g/mol. The topological polar surface area (TPSA) is 98.5 Å². The van der Waals surface area contributed by atoms with E-state index in [0.29, 0.717) is 19.8 Å². The number of pyridine rings is 1. The first-order valence-electron chi connectivity index (χ1n) is 10.5. The van der Waals surface area contributed by atoms with E-state index in [9.17, 15) is 14.4 Å². The maximum atomic E-state index is 12.7. The van der Waals surface area contributed by atoms with E-state index in [-0.39, 0.29) is 13.1 Å².